The number of rotatable bonds is 5. The van der Waals surface area contributed by atoms with E-state index >= 15 is 0 Å². The van der Waals surface area contributed by atoms with Crippen molar-refractivity contribution < 1.29 is 33.0 Å². The van der Waals surface area contributed by atoms with Gasteiger partial charge in [0.15, 0.2) is 11.5 Å². The molecule has 0 spiro atoms. The zero-order valence-corrected chi connectivity index (χ0v) is 22.1. The molecule has 11 heteroatoms. The Kier molecular flexibility index (Phi) is 9.90. The molecule has 2 aromatic rings. The molecule has 0 saturated heterocycles. The number of aryl methyl sites for hydroxylation is 1. The Bertz CT molecular complexity index is 1100. The highest BCUT2D eigenvalue weighted by molar-refractivity contribution is 5.90. The smallest absolute Gasteiger partial charge is 0.243 e. The van der Waals surface area contributed by atoms with Crippen molar-refractivity contribution in [3.05, 3.63) is 29.7 Å². The Morgan fingerprint density at radius 2 is 2.05 bits per heavy atom. The van der Waals surface area contributed by atoms with Crippen LogP contribution in [-0.4, -0.2) is 74.2 Å². The molecule has 0 unspecified atom stereocenters. The monoisotopic (exact) mass is 516 g/mol. The van der Waals surface area contributed by atoms with Crippen molar-refractivity contribution in [3.63, 3.8) is 0 Å². The van der Waals surface area contributed by atoms with Gasteiger partial charge in [0.05, 0.1) is 39.8 Å². The maximum Gasteiger partial charge on any atom is 0.243 e. The van der Waals surface area contributed by atoms with E-state index in [4.69, 9.17) is 18.6 Å². The Morgan fingerprint density at radius 1 is 1.27 bits per heavy atom. The van der Waals surface area contributed by atoms with Crippen molar-refractivity contribution in [2.75, 3.05) is 40.5 Å². The summed E-state index contributed by atoms with van der Waals surface area (Å²) >= 11 is 0. The van der Waals surface area contributed by atoms with Crippen LogP contribution in [0, 0.1) is 12.8 Å². The predicted octanol–water partition coefficient (Wildman–Crippen LogP) is 2.06. The average molecular weight is 517 g/mol. The van der Waals surface area contributed by atoms with Crippen LogP contribution in [-0.2, 0) is 25.7 Å². The number of oxazole rings is 1. The number of nitrogens with one attached hydrogen (secondary N) is 2. The molecule has 1 aromatic heterocycles. The summed E-state index contributed by atoms with van der Waals surface area (Å²) in [5, 5.41) is 5.62. The molecule has 11 nitrogen and oxygen atoms in total. The number of fused-ring (bicyclic) bond motifs is 5. The molecule has 0 radical (unpaired) electrons. The van der Waals surface area contributed by atoms with E-state index in [2.05, 4.69) is 15.6 Å². The van der Waals surface area contributed by atoms with E-state index in [-0.39, 0.29) is 50.5 Å². The van der Waals surface area contributed by atoms with Crippen molar-refractivity contribution in [1.82, 2.24) is 20.5 Å². The molecule has 1 aromatic carbocycles. The van der Waals surface area contributed by atoms with Gasteiger partial charge in [0.25, 0.3) is 0 Å². The first-order valence-electron chi connectivity index (χ1n) is 12.3. The van der Waals surface area contributed by atoms with Gasteiger partial charge in [-0.3, -0.25) is 14.4 Å². The molecule has 202 valence electrons. The summed E-state index contributed by atoms with van der Waals surface area (Å²) in [5.74, 6) is 0.850. The first-order chi connectivity index (χ1) is 17.7. The molecule has 0 aliphatic carbocycles. The van der Waals surface area contributed by atoms with E-state index < -0.39 is 11.9 Å². The van der Waals surface area contributed by atoms with Crippen LogP contribution in [0.1, 0.15) is 38.1 Å². The molecule has 4 bridgehead atoms. The third-order valence-corrected chi connectivity index (χ3v) is 6.04. The van der Waals surface area contributed by atoms with Crippen LogP contribution in [0.25, 0.3) is 11.5 Å². The second-order valence-corrected chi connectivity index (χ2v) is 9.15. The highest BCUT2D eigenvalue weighted by atomic mass is 16.5. The highest BCUT2D eigenvalue weighted by Crippen LogP contribution is 2.33. The van der Waals surface area contributed by atoms with Crippen molar-refractivity contribution >= 4 is 17.7 Å². The molecule has 1 aliphatic heterocycles. The standard InChI is InChI=1S/C26H36N4O7/c1-16(2)24-25(33)27-14-19-17(3)37-26(28-19)18-7-8-20(35-5)21(13-18)36-11-6-10-30(15-22(31)29-24)23(32)9-12-34-4/h7-8,13,16,24H,6,9-12,14-15H2,1-5H3,(H,27,33)(H,29,31)/t24-/m0/s1. The minimum Gasteiger partial charge on any atom is -0.493 e. The number of carbonyl (C=O) groups excluding carboxylic acids is 3. The predicted molar refractivity (Wildman–Crippen MR) is 135 cm³/mol. The Balaban J connectivity index is 1.91. The third kappa shape index (κ3) is 7.45. The van der Waals surface area contributed by atoms with Crippen molar-refractivity contribution in [1.29, 1.82) is 0 Å². The Labute approximate surface area is 216 Å². The number of hydrogen-bond acceptors (Lipinski definition) is 8. The minimum atomic E-state index is -0.776. The summed E-state index contributed by atoms with van der Waals surface area (Å²) in [7, 11) is 3.07. The molecule has 2 heterocycles. The maximum atomic E-state index is 13.0. The zero-order valence-electron chi connectivity index (χ0n) is 22.1. The third-order valence-electron chi connectivity index (χ3n) is 6.04. The molecule has 0 fully saturated rings. The van der Waals surface area contributed by atoms with E-state index in [9.17, 15) is 14.4 Å². The van der Waals surface area contributed by atoms with Crippen LogP contribution < -0.4 is 20.1 Å². The summed E-state index contributed by atoms with van der Waals surface area (Å²) in [6, 6.07) is 4.58. The van der Waals surface area contributed by atoms with Crippen LogP contribution in [0.4, 0.5) is 0 Å². The lowest BCUT2D eigenvalue weighted by molar-refractivity contribution is -0.138. The van der Waals surface area contributed by atoms with E-state index in [0.29, 0.717) is 47.4 Å². The van der Waals surface area contributed by atoms with Gasteiger partial charge in [-0.1, -0.05) is 13.8 Å². The van der Waals surface area contributed by atoms with Gasteiger partial charge in [-0.05, 0) is 37.5 Å². The van der Waals surface area contributed by atoms with Gasteiger partial charge < -0.3 is 34.2 Å². The minimum absolute atomic E-state index is 0.133. The van der Waals surface area contributed by atoms with Crippen LogP contribution in [0.2, 0.25) is 0 Å². The number of carbonyl (C=O) groups is 3. The largest absolute Gasteiger partial charge is 0.493 e. The van der Waals surface area contributed by atoms with Gasteiger partial charge in [-0.25, -0.2) is 4.98 Å². The van der Waals surface area contributed by atoms with Crippen LogP contribution in [0.15, 0.2) is 22.6 Å². The summed E-state index contributed by atoms with van der Waals surface area (Å²) in [5.41, 5.74) is 1.27. The molecular formula is C26H36N4O7. The van der Waals surface area contributed by atoms with Crippen LogP contribution in [0.5, 0.6) is 11.5 Å². The molecule has 2 N–H and O–H groups in total. The van der Waals surface area contributed by atoms with Crippen molar-refractivity contribution in [2.24, 2.45) is 5.92 Å². The van der Waals surface area contributed by atoms with E-state index in [1.165, 1.54) is 12.0 Å². The number of methoxy groups -OCH3 is 2. The first kappa shape index (κ1) is 28.0. The summed E-state index contributed by atoms with van der Waals surface area (Å²) < 4.78 is 22.3. The maximum absolute atomic E-state index is 13.0. The zero-order chi connectivity index (χ0) is 26.9. The lowest BCUT2D eigenvalue weighted by atomic mass is 10.0. The SMILES string of the molecule is COCCC(=O)N1CCCOc2cc(ccc2OC)-c2nc(c(C)o2)CNC(=O)[C@H](C(C)C)NC(=O)C1. The number of amides is 3. The fraction of sp³-hybridized carbons (Fsp3) is 0.538. The number of benzene rings is 1. The van der Waals surface area contributed by atoms with Crippen LogP contribution in [0.3, 0.4) is 0 Å². The molecule has 1 atom stereocenters. The quantitative estimate of drug-likeness (QED) is 0.617. The van der Waals surface area contributed by atoms with Gasteiger partial charge in [0, 0.05) is 19.2 Å². The van der Waals surface area contributed by atoms with E-state index in [0.717, 1.165) is 0 Å². The van der Waals surface area contributed by atoms with Gasteiger partial charge in [0.1, 0.15) is 17.5 Å². The second kappa shape index (κ2) is 13.1. The van der Waals surface area contributed by atoms with Crippen molar-refractivity contribution in [3.8, 4) is 23.0 Å². The molecule has 3 rings (SSSR count). The molecule has 37 heavy (non-hydrogen) atoms. The van der Waals surface area contributed by atoms with Crippen LogP contribution >= 0.6 is 0 Å². The molecule has 1 aliphatic rings. The van der Waals surface area contributed by atoms with Gasteiger partial charge in [-0.2, -0.15) is 0 Å². The molecule has 0 saturated carbocycles. The first-order valence-corrected chi connectivity index (χ1v) is 12.3. The summed E-state index contributed by atoms with van der Waals surface area (Å²) in [6.07, 6.45) is 0.612. The van der Waals surface area contributed by atoms with Gasteiger partial charge in [-0.15, -0.1) is 0 Å². The molecule has 3 amide bonds. The fourth-order valence-corrected chi connectivity index (χ4v) is 3.92. The van der Waals surface area contributed by atoms with Gasteiger partial charge >= 0.3 is 0 Å². The topological polar surface area (TPSA) is 132 Å². The Hall–Kier alpha value is -3.60. The Morgan fingerprint density at radius 3 is 2.76 bits per heavy atom. The molecular weight excluding hydrogens is 480 g/mol. The highest BCUT2D eigenvalue weighted by Gasteiger charge is 2.26. The lowest BCUT2D eigenvalue weighted by Crippen LogP contribution is -2.52. The number of nitrogens with zero attached hydrogens (tertiary/aromatic N) is 2. The number of ether oxygens (including phenoxy) is 3. The summed E-state index contributed by atoms with van der Waals surface area (Å²) in [4.78, 5) is 44.6. The van der Waals surface area contributed by atoms with E-state index in [1.54, 1.807) is 26.2 Å². The fourth-order valence-electron chi connectivity index (χ4n) is 3.92. The van der Waals surface area contributed by atoms with Crippen molar-refractivity contribution in [2.45, 2.75) is 46.2 Å². The van der Waals surface area contributed by atoms with E-state index in [1.807, 2.05) is 19.9 Å². The average Bonchev–Trinajstić information content (AvgIpc) is 3.25. The summed E-state index contributed by atoms with van der Waals surface area (Å²) in [6.45, 7) is 6.24. The number of aromatic nitrogens is 1. The second-order valence-electron chi connectivity index (χ2n) is 9.15. The normalized spacial score (nSPS) is 17.4. The lowest BCUT2D eigenvalue weighted by Gasteiger charge is -2.26. The number of hydrogen-bond donors (Lipinski definition) is 2. The van der Waals surface area contributed by atoms with Gasteiger partial charge in [0.2, 0.25) is 23.6 Å².